The summed E-state index contributed by atoms with van der Waals surface area (Å²) in [6, 6.07) is 0. The van der Waals surface area contributed by atoms with E-state index in [0.29, 0.717) is 56.8 Å². The Morgan fingerprint density at radius 3 is 0.952 bits per heavy atom. The zero-order valence-corrected chi connectivity index (χ0v) is 27.8. The largest absolute Gasteiger partial charge is 0.466 e. The van der Waals surface area contributed by atoms with Gasteiger partial charge in [0.25, 0.3) is 0 Å². The highest BCUT2D eigenvalue weighted by Gasteiger charge is 2.30. The molecule has 6 heteroatoms. The Labute approximate surface area is 258 Å². The van der Waals surface area contributed by atoms with Gasteiger partial charge in [-0.25, -0.2) is 0 Å². The molecule has 0 N–H and O–H groups in total. The molecule has 0 amide bonds. The van der Waals surface area contributed by atoms with Gasteiger partial charge in [0.2, 0.25) is 0 Å². The zero-order valence-electron chi connectivity index (χ0n) is 27.8. The molecule has 0 aliphatic heterocycles. The van der Waals surface area contributed by atoms with E-state index in [1.54, 1.807) is 0 Å². The molecule has 0 bridgehead atoms. The Bertz CT molecular complexity index is 581. The van der Waals surface area contributed by atoms with Gasteiger partial charge in [-0.1, -0.05) is 97.8 Å². The van der Waals surface area contributed by atoms with Crippen molar-refractivity contribution in [2.75, 3.05) is 19.8 Å². The van der Waals surface area contributed by atoms with Gasteiger partial charge in [-0.15, -0.1) is 0 Å². The number of rotatable bonds is 27. The minimum atomic E-state index is -0.0887. The highest BCUT2D eigenvalue weighted by Crippen LogP contribution is 2.40. The van der Waals surface area contributed by atoms with Crippen LogP contribution in [0.2, 0.25) is 0 Å². The Morgan fingerprint density at radius 1 is 0.429 bits per heavy atom. The molecule has 0 heterocycles. The van der Waals surface area contributed by atoms with Crippen LogP contribution in [-0.4, -0.2) is 37.7 Å². The highest BCUT2D eigenvalue weighted by atomic mass is 16.5. The fourth-order valence-electron chi connectivity index (χ4n) is 6.27. The minimum Gasteiger partial charge on any atom is -0.466 e. The standard InChI is InChI=1S/C36H66O6/c1-4-7-10-13-16-25-40-34(37)22-19-31-28-32(20-23-35(38)41-26-17-14-11-8-5-2)30-33(29-31)21-24-36(39)42-27-18-15-12-9-6-3/h31-33H,4-30H2,1-3H3. The van der Waals surface area contributed by atoms with Gasteiger partial charge in [-0.05, 0) is 75.5 Å². The van der Waals surface area contributed by atoms with Crippen LogP contribution < -0.4 is 0 Å². The van der Waals surface area contributed by atoms with Crippen LogP contribution >= 0.6 is 0 Å². The number of carbonyl (C=O) groups is 3. The van der Waals surface area contributed by atoms with E-state index in [1.807, 2.05) is 0 Å². The van der Waals surface area contributed by atoms with E-state index in [9.17, 15) is 14.4 Å². The second-order valence-electron chi connectivity index (χ2n) is 12.8. The molecule has 1 aliphatic carbocycles. The number of hydrogen-bond donors (Lipinski definition) is 0. The van der Waals surface area contributed by atoms with Gasteiger partial charge in [0, 0.05) is 19.3 Å². The lowest BCUT2D eigenvalue weighted by atomic mass is 9.71. The number of ether oxygens (including phenoxy) is 3. The van der Waals surface area contributed by atoms with E-state index < -0.39 is 0 Å². The second-order valence-corrected chi connectivity index (χ2v) is 12.8. The quantitative estimate of drug-likeness (QED) is 0.0535. The molecule has 0 atom stereocenters. The summed E-state index contributed by atoms with van der Waals surface area (Å²) >= 11 is 0. The number of carbonyl (C=O) groups excluding carboxylic acids is 3. The average Bonchev–Trinajstić information content (AvgIpc) is 2.99. The smallest absolute Gasteiger partial charge is 0.305 e. The molecule has 0 radical (unpaired) electrons. The van der Waals surface area contributed by atoms with Gasteiger partial charge in [0.05, 0.1) is 19.8 Å². The summed E-state index contributed by atoms with van der Waals surface area (Å²) in [6.07, 6.45) is 24.1. The molecule has 6 nitrogen and oxygen atoms in total. The molecular formula is C36H66O6. The third-order valence-electron chi connectivity index (χ3n) is 8.80. The van der Waals surface area contributed by atoms with Crippen LogP contribution in [0.25, 0.3) is 0 Å². The summed E-state index contributed by atoms with van der Waals surface area (Å²) in [4.78, 5) is 37.2. The van der Waals surface area contributed by atoms with Crippen LogP contribution in [0.1, 0.15) is 175 Å². The van der Waals surface area contributed by atoms with Gasteiger partial charge >= 0.3 is 17.9 Å². The molecule has 1 aliphatic rings. The van der Waals surface area contributed by atoms with Crippen molar-refractivity contribution in [3.63, 3.8) is 0 Å². The first kappa shape index (κ1) is 38.4. The lowest BCUT2D eigenvalue weighted by molar-refractivity contribution is -0.144. The van der Waals surface area contributed by atoms with Crippen LogP contribution in [0.4, 0.5) is 0 Å². The topological polar surface area (TPSA) is 78.9 Å². The maximum atomic E-state index is 12.4. The normalized spacial score (nSPS) is 18.5. The van der Waals surface area contributed by atoms with Gasteiger partial charge in [0.1, 0.15) is 0 Å². The number of hydrogen-bond acceptors (Lipinski definition) is 6. The first-order valence-corrected chi connectivity index (χ1v) is 17.9. The van der Waals surface area contributed by atoms with E-state index in [4.69, 9.17) is 14.2 Å². The summed E-state index contributed by atoms with van der Waals surface area (Å²) in [5.41, 5.74) is 0. The third kappa shape index (κ3) is 22.0. The first-order chi connectivity index (χ1) is 20.5. The number of unbranched alkanes of at least 4 members (excludes halogenated alkanes) is 12. The predicted molar refractivity (Wildman–Crippen MR) is 171 cm³/mol. The predicted octanol–water partition coefficient (Wildman–Crippen LogP) is 9.90. The molecule has 246 valence electrons. The Hall–Kier alpha value is -1.59. The fraction of sp³-hybridized carbons (Fsp3) is 0.917. The van der Waals surface area contributed by atoms with Gasteiger partial charge in [-0.3, -0.25) is 14.4 Å². The molecule has 0 aromatic rings. The van der Waals surface area contributed by atoms with Crippen LogP contribution in [0.3, 0.4) is 0 Å². The zero-order chi connectivity index (χ0) is 30.7. The summed E-state index contributed by atoms with van der Waals surface area (Å²) in [5, 5.41) is 0. The van der Waals surface area contributed by atoms with E-state index >= 15 is 0 Å². The maximum absolute atomic E-state index is 12.4. The summed E-state index contributed by atoms with van der Waals surface area (Å²) < 4.78 is 16.5. The van der Waals surface area contributed by atoms with Crippen molar-refractivity contribution in [1.82, 2.24) is 0 Å². The van der Waals surface area contributed by atoms with Crippen molar-refractivity contribution in [3.8, 4) is 0 Å². The lowest BCUT2D eigenvalue weighted by Crippen LogP contribution is -2.25. The summed E-state index contributed by atoms with van der Waals surface area (Å²) in [7, 11) is 0. The molecule has 1 rings (SSSR count). The van der Waals surface area contributed by atoms with Crippen molar-refractivity contribution in [2.24, 2.45) is 17.8 Å². The molecule has 0 aromatic carbocycles. The van der Waals surface area contributed by atoms with Crippen molar-refractivity contribution in [1.29, 1.82) is 0 Å². The molecule has 0 aromatic heterocycles. The van der Waals surface area contributed by atoms with E-state index in [2.05, 4.69) is 20.8 Å². The van der Waals surface area contributed by atoms with Gasteiger partial charge in [0.15, 0.2) is 0 Å². The van der Waals surface area contributed by atoms with Crippen LogP contribution in [0, 0.1) is 17.8 Å². The molecule has 0 unspecified atom stereocenters. The first-order valence-electron chi connectivity index (χ1n) is 17.9. The Kier molecular flexibility index (Phi) is 24.7. The van der Waals surface area contributed by atoms with Crippen molar-refractivity contribution in [3.05, 3.63) is 0 Å². The molecule has 0 saturated heterocycles. The maximum Gasteiger partial charge on any atom is 0.305 e. The van der Waals surface area contributed by atoms with E-state index in [-0.39, 0.29) is 17.9 Å². The van der Waals surface area contributed by atoms with Crippen molar-refractivity contribution < 1.29 is 28.6 Å². The van der Waals surface area contributed by atoms with Gasteiger partial charge in [-0.2, -0.15) is 0 Å². The van der Waals surface area contributed by atoms with E-state index in [1.165, 1.54) is 57.8 Å². The lowest BCUT2D eigenvalue weighted by Gasteiger charge is -2.35. The molecule has 1 saturated carbocycles. The minimum absolute atomic E-state index is 0.0887. The Morgan fingerprint density at radius 2 is 0.690 bits per heavy atom. The van der Waals surface area contributed by atoms with Crippen molar-refractivity contribution >= 4 is 17.9 Å². The Balaban J connectivity index is 2.46. The third-order valence-corrected chi connectivity index (χ3v) is 8.80. The molecule has 42 heavy (non-hydrogen) atoms. The molecular weight excluding hydrogens is 528 g/mol. The van der Waals surface area contributed by atoms with Crippen LogP contribution in [-0.2, 0) is 28.6 Å². The van der Waals surface area contributed by atoms with Crippen LogP contribution in [0.15, 0.2) is 0 Å². The monoisotopic (exact) mass is 594 g/mol. The van der Waals surface area contributed by atoms with Crippen molar-refractivity contribution in [2.45, 2.75) is 175 Å². The van der Waals surface area contributed by atoms with E-state index in [0.717, 1.165) is 77.0 Å². The molecule has 1 fully saturated rings. The highest BCUT2D eigenvalue weighted by molar-refractivity contribution is 5.70. The SMILES string of the molecule is CCCCCCCOC(=O)CCC1CC(CCC(=O)OCCCCCCC)CC(CCC(=O)OCCCCCCC)C1. The second kappa shape index (κ2) is 27.0. The number of esters is 3. The van der Waals surface area contributed by atoms with Gasteiger partial charge < -0.3 is 14.2 Å². The average molecular weight is 595 g/mol. The fourth-order valence-corrected chi connectivity index (χ4v) is 6.27. The summed E-state index contributed by atoms with van der Waals surface area (Å²) in [5.74, 6) is 1.01. The summed E-state index contributed by atoms with van der Waals surface area (Å²) in [6.45, 7) is 8.18. The van der Waals surface area contributed by atoms with Crippen LogP contribution in [0.5, 0.6) is 0 Å². The molecule has 0 spiro atoms.